The van der Waals surface area contributed by atoms with Crippen molar-refractivity contribution in [1.82, 2.24) is 29.7 Å². The summed E-state index contributed by atoms with van der Waals surface area (Å²) in [5, 5.41) is 11.0. The molecule has 4 amide bonds. The van der Waals surface area contributed by atoms with Crippen molar-refractivity contribution in [2.45, 2.75) is 105 Å². The van der Waals surface area contributed by atoms with Crippen molar-refractivity contribution in [3.8, 4) is 22.8 Å². The van der Waals surface area contributed by atoms with Crippen LogP contribution in [0.5, 0.6) is 0 Å². The minimum absolute atomic E-state index is 0.180. The van der Waals surface area contributed by atoms with Crippen LogP contribution in [0.1, 0.15) is 83.1 Å². The van der Waals surface area contributed by atoms with Gasteiger partial charge in [0.1, 0.15) is 34.1 Å². The van der Waals surface area contributed by atoms with E-state index in [1.165, 1.54) is 0 Å². The standard InChI is InChI=1S/C44H56N10O8/c1-41(2,3)59-37(55)49-35(50-38(56)60-42(4,5)6)45-27-19-21-31-29(23-27)47-33(53(31)13)25-15-17-26(18-16-25)34-48-30-24-28(20-22-32(30)54(34)14)46-36(51-39(57)61-43(7,8)9)52-40(58)62-44(10,11)12/h15-24H,1-14H3,(H2,45,49,50,55,56)(H2,46,51,52,57,58). The van der Waals surface area contributed by atoms with Gasteiger partial charge in [0.2, 0.25) is 11.9 Å². The molecule has 330 valence electrons. The summed E-state index contributed by atoms with van der Waals surface area (Å²) in [4.78, 5) is 68.2. The summed E-state index contributed by atoms with van der Waals surface area (Å²) in [5.74, 6) is 1.03. The van der Waals surface area contributed by atoms with Gasteiger partial charge in [-0.05, 0) is 119 Å². The van der Waals surface area contributed by atoms with Gasteiger partial charge in [-0.3, -0.25) is 10.6 Å². The molecule has 0 aliphatic carbocycles. The van der Waals surface area contributed by atoms with Crippen LogP contribution in [0.3, 0.4) is 0 Å². The SMILES string of the molecule is Cn1c(-c2ccc(-c3nc4cc(N/C(=N\C(=O)OC(C)(C)C)NC(=O)OC(C)(C)C)ccc4n3C)cc2)nc2cc(N/C(=N/C(=O)OC(C)(C)C)NC(=O)OC(C)(C)C)ccc21. The number of rotatable bonds is 4. The second-order valence-corrected chi connectivity index (χ2v) is 18.4. The Hall–Kier alpha value is -6.98. The van der Waals surface area contributed by atoms with Gasteiger partial charge in [-0.25, -0.2) is 29.1 Å². The molecule has 0 aliphatic rings. The lowest BCUT2D eigenvalue weighted by Crippen LogP contribution is -2.40. The zero-order chi connectivity index (χ0) is 45.9. The Kier molecular flexibility index (Phi) is 13.0. The van der Waals surface area contributed by atoms with Crippen LogP contribution in [-0.2, 0) is 33.0 Å². The van der Waals surface area contributed by atoms with Gasteiger partial charge in [0.15, 0.2) is 0 Å². The van der Waals surface area contributed by atoms with Gasteiger partial charge in [0, 0.05) is 36.6 Å². The smallest absolute Gasteiger partial charge is 0.437 e. The van der Waals surface area contributed by atoms with Crippen LogP contribution < -0.4 is 21.3 Å². The van der Waals surface area contributed by atoms with Gasteiger partial charge in [-0.1, -0.05) is 24.3 Å². The third kappa shape index (κ3) is 13.0. The number of fused-ring (bicyclic) bond motifs is 2. The van der Waals surface area contributed by atoms with E-state index >= 15 is 0 Å². The first kappa shape index (κ1) is 46.1. The number of hydrogen-bond donors (Lipinski definition) is 4. The minimum Gasteiger partial charge on any atom is -0.444 e. The first-order valence-corrected chi connectivity index (χ1v) is 19.8. The maximum Gasteiger partial charge on any atom is 0.437 e. The fraction of sp³-hybridized carbons (Fsp3) is 0.409. The number of nitrogens with one attached hydrogen (secondary N) is 4. The monoisotopic (exact) mass is 852 g/mol. The molecule has 0 bridgehead atoms. The van der Waals surface area contributed by atoms with Crippen molar-refractivity contribution in [1.29, 1.82) is 0 Å². The average Bonchev–Trinajstić information content (AvgIpc) is 3.59. The lowest BCUT2D eigenvalue weighted by atomic mass is 10.1. The van der Waals surface area contributed by atoms with Crippen LogP contribution in [0.25, 0.3) is 44.8 Å². The van der Waals surface area contributed by atoms with Crippen LogP contribution in [0.4, 0.5) is 30.6 Å². The molecule has 0 radical (unpaired) electrons. The Morgan fingerprint density at radius 3 is 1.13 bits per heavy atom. The minimum atomic E-state index is -0.897. The predicted octanol–water partition coefficient (Wildman–Crippen LogP) is 9.25. The highest BCUT2D eigenvalue weighted by Crippen LogP contribution is 2.30. The largest absolute Gasteiger partial charge is 0.444 e. The van der Waals surface area contributed by atoms with Gasteiger partial charge in [-0.2, -0.15) is 0 Å². The number of benzene rings is 3. The number of aliphatic imine (C=N–C) groups is 2. The summed E-state index contributed by atoms with van der Waals surface area (Å²) in [6.07, 6.45) is -3.40. The number of aromatic nitrogens is 4. The zero-order valence-corrected chi connectivity index (χ0v) is 37.7. The fourth-order valence-corrected chi connectivity index (χ4v) is 5.84. The second kappa shape index (κ2) is 17.6. The molecule has 62 heavy (non-hydrogen) atoms. The molecule has 0 spiro atoms. The summed E-state index contributed by atoms with van der Waals surface area (Å²) in [6.45, 7) is 20.6. The molecule has 2 heterocycles. The van der Waals surface area contributed by atoms with Crippen LogP contribution in [-0.4, -0.2) is 77.8 Å². The molecular formula is C44H56N10O8. The molecule has 0 unspecified atom stereocenters. The van der Waals surface area contributed by atoms with Crippen molar-refractivity contribution in [3.63, 3.8) is 0 Å². The molecule has 18 nitrogen and oxygen atoms in total. The van der Waals surface area contributed by atoms with Crippen molar-refractivity contribution < 1.29 is 38.1 Å². The average molecular weight is 853 g/mol. The third-order valence-corrected chi connectivity index (χ3v) is 8.12. The number of nitrogens with zero attached hydrogens (tertiary/aromatic N) is 6. The topological polar surface area (TPSA) is 214 Å². The van der Waals surface area contributed by atoms with Gasteiger partial charge in [0.05, 0.1) is 22.1 Å². The summed E-state index contributed by atoms with van der Waals surface area (Å²) < 4.78 is 25.3. The maximum atomic E-state index is 12.6. The molecular weight excluding hydrogens is 797 g/mol. The molecule has 0 saturated heterocycles. The molecule has 4 N–H and O–H groups in total. The van der Waals surface area contributed by atoms with E-state index in [4.69, 9.17) is 28.9 Å². The number of hydrogen-bond acceptors (Lipinski definition) is 10. The summed E-state index contributed by atoms with van der Waals surface area (Å²) >= 11 is 0. The number of anilines is 2. The molecule has 0 fully saturated rings. The van der Waals surface area contributed by atoms with E-state index in [0.717, 1.165) is 22.2 Å². The van der Waals surface area contributed by atoms with Crippen molar-refractivity contribution in [3.05, 3.63) is 60.7 Å². The molecule has 3 aromatic carbocycles. The van der Waals surface area contributed by atoms with Crippen molar-refractivity contribution >= 4 is 69.7 Å². The molecule has 5 rings (SSSR count). The Bertz CT molecular complexity index is 2380. The third-order valence-electron chi connectivity index (χ3n) is 8.12. The summed E-state index contributed by atoms with van der Waals surface area (Å²) in [7, 11) is 3.82. The van der Waals surface area contributed by atoms with E-state index < -0.39 is 46.8 Å². The van der Waals surface area contributed by atoms with E-state index in [2.05, 4.69) is 31.3 Å². The van der Waals surface area contributed by atoms with E-state index in [1.54, 1.807) is 107 Å². The molecule has 18 heteroatoms. The fourth-order valence-electron chi connectivity index (χ4n) is 5.84. The molecule has 5 aromatic rings. The normalized spacial score (nSPS) is 12.8. The number of carbonyl (C=O) groups is 4. The molecule has 0 saturated carbocycles. The van der Waals surface area contributed by atoms with Crippen molar-refractivity contribution in [2.75, 3.05) is 10.6 Å². The summed E-state index contributed by atoms with van der Waals surface area (Å²) in [6, 6.07) is 18.7. The Balaban J connectivity index is 1.38. The van der Waals surface area contributed by atoms with Crippen LogP contribution in [0, 0.1) is 0 Å². The number of guanidine groups is 2. The highest BCUT2D eigenvalue weighted by Gasteiger charge is 2.23. The number of carbonyl (C=O) groups excluding carboxylic acids is 4. The lowest BCUT2D eigenvalue weighted by molar-refractivity contribution is 0.0545. The first-order chi connectivity index (χ1) is 28.6. The van der Waals surface area contributed by atoms with Gasteiger partial charge in [0.25, 0.3) is 0 Å². The molecule has 2 aromatic heterocycles. The van der Waals surface area contributed by atoms with Gasteiger partial charge >= 0.3 is 24.4 Å². The Labute approximate surface area is 360 Å². The van der Waals surface area contributed by atoms with Gasteiger partial charge in [-0.15, -0.1) is 9.98 Å². The first-order valence-electron chi connectivity index (χ1n) is 19.8. The number of aryl methyl sites for hydroxylation is 2. The molecule has 0 aliphatic heterocycles. The van der Waals surface area contributed by atoms with Gasteiger partial charge < -0.3 is 38.7 Å². The highest BCUT2D eigenvalue weighted by molar-refractivity contribution is 6.07. The number of ether oxygens (including phenoxy) is 4. The van der Waals surface area contributed by atoms with Crippen LogP contribution in [0.2, 0.25) is 0 Å². The van der Waals surface area contributed by atoms with Crippen molar-refractivity contribution in [2.24, 2.45) is 24.1 Å². The lowest BCUT2D eigenvalue weighted by Gasteiger charge is -2.21. The Morgan fingerprint density at radius 1 is 0.500 bits per heavy atom. The van der Waals surface area contributed by atoms with Crippen LogP contribution in [0.15, 0.2) is 70.6 Å². The number of imidazole rings is 2. The predicted molar refractivity (Wildman–Crippen MR) is 239 cm³/mol. The number of alkyl carbamates (subject to hydrolysis) is 2. The summed E-state index contributed by atoms with van der Waals surface area (Å²) in [5.41, 5.74) is 2.49. The van der Waals surface area contributed by atoms with E-state index in [0.29, 0.717) is 34.1 Å². The van der Waals surface area contributed by atoms with E-state index in [1.807, 2.05) is 59.6 Å². The Morgan fingerprint density at radius 2 is 0.823 bits per heavy atom. The van der Waals surface area contributed by atoms with Crippen LogP contribution >= 0.6 is 0 Å². The molecule has 0 atom stereocenters. The highest BCUT2D eigenvalue weighted by atomic mass is 16.6. The zero-order valence-electron chi connectivity index (χ0n) is 37.7. The van der Waals surface area contributed by atoms with E-state index in [-0.39, 0.29) is 11.9 Å². The number of amides is 4. The quantitative estimate of drug-likeness (QED) is 0.0757. The van der Waals surface area contributed by atoms with E-state index in [9.17, 15) is 19.2 Å². The second-order valence-electron chi connectivity index (χ2n) is 18.4. The maximum absolute atomic E-state index is 12.6.